The molecule has 1 heterocycles. The number of hydrogen-bond acceptors (Lipinski definition) is 4. The van der Waals surface area contributed by atoms with Gasteiger partial charge in [-0.3, -0.25) is 9.48 Å². The Morgan fingerprint density at radius 1 is 1.22 bits per heavy atom. The fourth-order valence-electron chi connectivity index (χ4n) is 5.88. The summed E-state index contributed by atoms with van der Waals surface area (Å²) in [6.45, 7) is 0.904. The van der Waals surface area contributed by atoms with Crippen molar-refractivity contribution >= 4 is 21.3 Å². The van der Waals surface area contributed by atoms with Crippen molar-refractivity contribution in [2.45, 2.75) is 67.5 Å². The molecule has 202 valence electrons. The topological polar surface area (TPSA) is 87.8 Å². The van der Waals surface area contributed by atoms with Crippen LogP contribution in [0, 0.1) is 16.1 Å². The first-order valence-corrected chi connectivity index (χ1v) is 13.3. The van der Waals surface area contributed by atoms with Gasteiger partial charge in [0.05, 0.1) is 20.8 Å². The van der Waals surface area contributed by atoms with Crippen molar-refractivity contribution in [1.29, 1.82) is 4.78 Å². The van der Waals surface area contributed by atoms with E-state index in [1.165, 1.54) is 25.1 Å². The molecule has 1 aromatic carbocycles. The van der Waals surface area contributed by atoms with Gasteiger partial charge in [0.15, 0.2) is 0 Å². The summed E-state index contributed by atoms with van der Waals surface area (Å²) in [4.78, 5) is 13.3. The molecule has 6 nitrogen and oxygen atoms in total. The van der Waals surface area contributed by atoms with E-state index in [1.54, 1.807) is 0 Å². The SMILES string of the molecule is CC1(Cn2nc(C34CC(C3)C4(F)F)c(C(F)(F)F)c2C(=O)Nc2cccc(S(C)(=N)=O)c2)CC(F)(F)C1. The van der Waals surface area contributed by atoms with Crippen LogP contribution in [0.25, 0.3) is 0 Å². The maximum absolute atomic E-state index is 14.6. The Labute approximate surface area is 207 Å². The van der Waals surface area contributed by atoms with Crippen molar-refractivity contribution in [2.24, 2.45) is 11.3 Å². The Balaban J connectivity index is 1.61. The molecule has 2 bridgehead atoms. The summed E-state index contributed by atoms with van der Waals surface area (Å²) in [5.41, 5.74) is -7.04. The second-order valence-corrected chi connectivity index (χ2v) is 13.0. The second kappa shape index (κ2) is 7.48. The first-order chi connectivity index (χ1) is 16.8. The molecule has 0 radical (unpaired) electrons. The zero-order chi connectivity index (χ0) is 27.4. The monoisotopic (exact) mass is 552 g/mol. The van der Waals surface area contributed by atoms with Crippen LogP contribution in [0.15, 0.2) is 29.2 Å². The highest BCUT2D eigenvalue weighted by Crippen LogP contribution is 2.74. The number of rotatable bonds is 6. The van der Waals surface area contributed by atoms with Crippen LogP contribution in [0.2, 0.25) is 0 Å². The molecule has 1 unspecified atom stereocenters. The third kappa shape index (κ3) is 3.93. The van der Waals surface area contributed by atoms with Gasteiger partial charge >= 0.3 is 6.18 Å². The lowest BCUT2D eigenvalue weighted by molar-refractivity contribution is -0.305. The van der Waals surface area contributed by atoms with E-state index in [1.807, 2.05) is 0 Å². The molecule has 1 amide bonds. The van der Waals surface area contributed by atoms with E-state index in [2.05, 4.69) is 10.4 Å². The highest BCUT2D eigenvalue weighted by Gasteiger charge is 2.81. The summed E-state index contributed by atoms with van der Waals surface area (Å²) in [5.74, 6) is -8.84. The predicted molar refractivity (Wildman–Crippen MR) is 118 cm³/mol. The van der Waals surface area contributed by atoms with Gasteiger partial charge in [-0.15, -0.1) is 0 Å². The maximum Gasteiger partial charge on any atom is 0.420 e. The van der Waals surface area contributed by atoms with Crippen LogP contribution in [-0.2, 0) is 27.9 Å². The number of anilines is 1. The largest absolute Gasteiger partial charge is 0.420 e. The van der Waals surface area contributed by atoms with Gasteiger partial charge in [-0.05, 0) is 36.5 Å². The summed E-state index contributed by atoms with van der Waals surface area (Å²) < 4.78 is 120. The molecular formula is C23H23F7N4O2S. The number of carbonyl (C=O) groups excluding carboxylic acids is 1. The van der Waals surface area contributed by atoms with Gasteiger partial charge < -0.3 is 5.32 Å². The van der Waals surface area contributed by atoms with E-state index in [9.17, 15) is 39.7 Å². The zero-order valence-corrected chi connectivity index (χ0v) is 20.5. The van der Waals surface area contributed by atoms with Gasteiger partial charge in [0.2, 0.25) is 5.92 Å². The van der Waals surface area contributed by atoms with Crippen LogP contribution in [-0.4, -0.2) is 38.0 Å². The Morgan fingerprint density at radius 3 is 2.30 bits per heavy atom. The molecule has 37 heavy (non-hydrogen) atoms. The van der Waals surface area contributed by atoms with Crippen molar-refractivity contribution in [3.8, 4) is 0 Å². The maximum atomic E-state index is 14.6. The van der Waals surface area contributed by atoms with Crippen LogP contribution < -0.4 is 5.32 Å². The lowest BCUT2D eigenvalue weighted by Gasteiger charge is -2.66. The molecule has 6 rings (SSSR count). The quantitative estimate of drug-likeness (QED) is 0.436. The van der Waals surface area contributed by atoms with E-state index in [0.717, 1.165) is 12.3 Å². The fraction of sp³-hybridized carbons (Fsp3) is 0.565. The summed E-state index contributed by atoms with van der Waals surface area (Å²) >= 11 is 0. The van der Waals surface area contributed by atoms with Crippen LogP contribution in [0.1, 0.15) is 54.4 Å². The van der Waals surface area contributed by atoms with Gasteiger partial charge in [-0.25, -0.2) is 26.6 Å². The van der Waals surface area contributed by atoms with Crippen molar-refractivity contribution < 1.29 is 39.7 Å². The summed E-state index contributed by atoms with van der Waals surface area (Å²) in [6, 6.07) is 5.14. The molecule has 0 spiro atoms. The first kappa shape index (κ1) is 26.0. The Bertz CT molecular complexity index is 1400. The Kier molecular flexibility index (Phi) is 5.25. The average molecular weight is 553 g/mol. The normalized spacial score (nSPS) is 28.3. The molecular weight excluding hydrogens is 529 g/mol. The molecule has 2 N–H and O–H groups in total. The van der Waals surface area contributed by atoms with Gasteiger partial charge in [0, 0.05) is 42.1 Å². The van der Waals surface area contributed by atoms with E-state index in [0.29, 0.717) is 4.68 Å². The standard InChI is InChI=1S/C23H23F7N4O2S/c1-19(9-21(24,25)10-19)11-34-16(18(35)32-13-4-3-5-14(6-13)37(2,31)36)15(23(28,29)30)17(33-34)20-7-12(8-20)22(20,26)27/h3-6,12,31H,7-11H2,1-2H3,(H,32,35). The van der Waals surface area contributed by atoms with Crippen LogP contribution in [0.3, 0.4) is 0 Å². The second-order valence-electron chi connectivity index (χ2n) is 10.9. The minimum Gasteiger partial charge on any atom is -0.321 e. The molecule has 4 fully saturated rings. The van der Waals surface area contributed by atoms with Crippen LogP contribution in [0.4, 0.5) is 36.4 Å². The smallest absolute Gasteiger partial charge is 0.321 e. The summed E-state index contributed by atoms with van der Waals surface area (Å²) in [6.07, 6.45) is -5.86. The summed E-state index contributed by atoms with van der Waals surface area (Å²) in [7, 11) is -3.22. The van der Waals surface area contributed by atoms with E-state index in [-0.39, 0.29) is 23.4 Å². The number of hydrogen-bond donors (Lipinski definition) is 2. The number of benzene rings is 1. The summed E-state index contributed by atoms with van der Waals surface area (Å²) in [5, 5.41) is 6.12. The minimum absolute atomic E-state index is 0.00765. The van der Waals surface area contributed by atoms with E-state index in [4.69, 9.17) is 4.78 Å². The molecule has 4 saturated carbocycles. The molecule has 0 aliphatic heterocycles. The highest BCUT2D eigenvalue weighted by atomic mass is 32.2. The van der Waals surface area contributed by atoms with Crippen molar-refractivity contribution in [3.63, 3.8) is 0 Å². The fourth-order valence-corrected chi connectivity index (χ4v) is 6.57. The van der Waals surface area contributed by atoms with E-state index >= 15 is 0 Å². The number of carbonyl (C=O) groups is 1. The third-order valence-corrected chi connectivity index (χ3v) is 8.84. The van der Waals surface area contributed by atoms with E-state index < -0.39 is 86.7 Å². The number of alkyl halides is 7. The lowest BCUT2D eigenvalue weighted by Crippen LogP contribution is -2.74. The number of aromatic nitrogens is 2. The lowest BCUT2D eigenvalue weighted by atomic mass is 9.40. The molecule has 1 atom stereocenters. The number of amides is 1. The van der Waals surface area contributed by atoms with Crippen LogP contribution in [0.5, 0.6) is 0 Å². The highest BCUT2D eigenvalue weighted by molar-refractivity contribution is 7.91. The molecule has 14 heteroatoms. The minimum atomic E-state index is -5.24. The number of nitrogens with zero attached hydrogens (tertiary/aromatic N) is 2. The van der Waals surface area contributed by atoms with Gasteiger partial charge in [-0.1, -0.05) is 13.0 Å². The predicted octanol–water partition coefficient (Wildman–Crippen LogP) is 5.92. The third-order valence-electron chi connectivity index (χ3n) is 7.69. The van der Waals surface area contributed by atoms with Gasteiger partial charge in [0.25, 0.3) is 11.8 Å². The van der Waals surface area contributed by atoms with Crippen LogP contribution >= 0.6 is 0 Å². The van der Waals surface area contributed by atoms with Crippen molar-refractivity contribution in [3.05, 3.63) is 41.2 Å². The molecule has 1 aromatic heterocycles. The van der Waals surface area contributed by atoms with Crippen molar-refractivity contribution in [2.75, 3.05) is 11.6 Å². The Hall–Kier alpha value is -2.64. The molecule has 4 aliphatic carbocycles. The number of halogens is 7. The Morgan fingerprint density at radius 2 is 1.84 bits per heavy atom. The first-order valence-electron chi connectivity index (χ1n) is 11.4. The molecule has 2 aromatic rings. The number of nitrogens with one attached hydrogen (secondary N) is 2. The molecule has 4 aliphatic rings. The zero-order valence-electron chi connectivity index (χ0n) is 19.7. The molecule has 0 saturated heterocycles. The van der Waals surface area contributed by atoms with Gasteiger partial charge in [0.1, 0.15) is 11.3 Å². The van der Waals surface area contributed by atoms with Crippen molar-refractivity contribution in [1.82, 2.24) is 9.78 Å². The van der Waals surface area contributed by atoms with Gasteiger partial charge in [-0.2, -0.15) is 18.3 Å². The average Bonchev–Trinajstić information content (AvgIpc) is 3.03.